The lowest BCUT2D eigenvalue weighted by Crippen LogP contribution is -2.32. The molecule has 0 saturated carbocycles. The van der Waals surface area contributed by atoms with Crippen molar-refractivity contribution in [1.82, 2.24) is 4.72 Å². The number of nitrogens with two attached hydrogens (primary N) is 1. The molecule has 108 valence electrons. The molecule has 4 N–H and O–H groups in total. The van der Waals surface area contributed by atoms with Crippen molar-refractivity contribution in [2.45, 2.75) is 44.0 Å². The number of sulfonamides is 1. The number of benzene rings is 1. The van der Waals surface area contributed by atoms with Gasteiger partial charge in [0, 0.05) is 18.3 Å². The highest BCUT2D eigenvalue weighted by atomic mass is 32.2. The molecule has 0 aromatic heterocycles. The van der Waals surface area contributed by atoms with E-state index in [9.17, 15) is 8.42 Å². The van der Waals surface area contributed by atoms with Gasteiger partial charge in [-0.05, 0) is 43.9 Å². The van der Waals surface area contributed by atoms with Crippen LogP contribution in [-0.4, -0.2) is 26.2 Å². The van der Waals surface area contributed by atoms with Gasteiger partial charge in [0.2, 0.25) is 10.0 Å². The molecule has 5 nitrogen and oxygen atoms in total. The lowest BCUT2D eigenvalue weighted by Gasteiger charge is -2.14. The van der Waals surface area contributed by atoms with Crippen LogP contribution in [0.1, 0.15) is 32.3 Å². The zero-order valence-corrected chi connectivity index (χ0v) is 12.2. The fourth-order valence-corrected chi connectivity index (χ4v) is 3.16. The molecule has 1 rings (SSSR count). The first-order valence-corrected chi connectivity index (χ1v) is 7.90. The van der Waals surface area contributed by atoms with E-state index in [0.717, 1.165) is 12.0 Å². The molecule has 0 aliphatic carbocycles. The van der Waals surface area contributed by atoms with Gasteiger partial charge in [-0.1, -0.05) is 13.0 Å². The van der Waals surface area contributed by atoms with Crippen molar-refractivity contribution < 1.29 is 13.5 Å². The molecule has 0 amide bonds. The molecule has 1 aromatic carbocycles. The summed E-state index contributed by atoms with van der Waals surface area (Å²) in [7, 11) is -3.55. The van der Waals surface area contributed by atoms with Gasteiger partial charge >= 0.3 is 0 Å². The predicted molar refractivity (Wildman–Crippen MR) is 76.3 cm³/mol. The minimum Gasteiger partial charge on any atom is -0.398 e. The van der Waals surface area contributed by atoms with Gasteiger partial charge in [0.1, 0.15) is 0 Å². The number of aliphatic hydroxyl groups is 1. The Hall–Kier alpha value is -1.11. The zero-order chi connectivity index (χ0) is 14.5. The van der Waals surface area contributed by atoms with Crippen molar-refractivity contribution in [2.75, 3.05) is 12.3 Å². The van der Waals surface area contributed by atoms with E-state index < -0.39 is 10.0 Å². The normalized spacial score (nSPS) is 13.4. The Bertz CT molecular complexity index is 515. The monoisotopic (exact) mass is 286 g/mol. The van der Waals surface area contributed by atoms with Crippen LogP contribution in [-0.2, 0) is 16.4 Å². The molecule has 1 aromatic rings. The number of aliphatic hydroxyl groups excluding tert-OH is 1. The van der Waals surface area contributed by atoms with E-state index in [0.29, 0.717) is 18.5 Å². The molecule has 0 fully saturated rings. The van der Waals surface area contributed by atoms with Gasteiger partial charge < -0.3 is 10.8 Å². The van der Waals surface area contributed by atoms with Gasteiger partial charge in [0.15, 0.2) is 0 Å². The molecule has 0 aliphatic heterocycles. The summed E-state index contributed by atoms with van der Waals surface area (Å²) in [5.41, 5.74) is 7.25. The predicted octanol–water partition coefficient (Wildman–Crippen LogP) is 1.27. The summed E-state index contributed by atoms with van der Waals surface area (Å²) < 4.78 is 26.8. The first-order chi connectivity index (χ1) is 8.90. The molecule has 0 saturated heterocycles. The maximum absolute atomic E-state index is 12.1. The van der Waals surface area contributed by atoms with Crippen molar-refractivity contribution in [3.05, 3.63) is 23.8 Å². The number of anilines is 1. The van der Waals surface area contributed by atoms with Crippen LogP contribution in [0.5, 0.6) is 0 Å². The Morgan fingerprint density at radius 1 is 1.42 bits per heavy atom. The Balaban J connectivity index is 2.85. The minimum absolute atomic E-state index is 0.0597. The van der Waals surface area contributed by atoms with Crippen LogP contribution in [0.3, 0.4) is 0 Å². The van der Waals surface area contributed by atoms with Crippen molar-refractivity contribution >= 4 is 15.7 Å². The highest BCUT2D eigenvalue weighted by Gasteiger charge is 2.17. The Kier molecular flexibility index (Phi) is 5.78. The van der Waals surface area contributed by atoms with E-state index in [-0.39, 0.29) is 17.5 Å². The average molecular weight is 286 g/mol. The smallest absolute Gasteiger partial charge is 0.240 e. The summed E-state index contributed by atoms with van der Waals surface area (Å²) in [4.78, 5) is 0.179. The van der Waals surface area contributed by atoms with E-state index in [1.807, 2.05) is 6.92 Å². The number of hydrogen-bond acceptors (Lipinski definition) is 4. The minimum atomic E-state index is -3.55. The van der Waals surface area contributed by atoms with Crippen molar-refractivity contribution in [2.24, 2.45) is 0 Å². The molecule has 6 heteroatoms. The van der Waals surface area contributed by atoms with E-state index in [4.69, 9.17) is 10.8 Å². The number of nitrogens with one attached hydrogen (secondary N) is 1. The van der Waals surface area contributed by atoms with Gasteiger partial charge in [0.25, 0.3) is 0 Å². The Labute approximate surface area is 114 Å². The number of hydrogen-bond donors (Lipinski definition) is 3. The first-order valence-electron chi connectivity index (χ1n) is 6.42. The van der Waals surface area contributed by atoms with Crippen LogP contribution in [0.2, 0.25) is 0 Å². The van der Waals surface area contributed by atoms with Crippen LogP contribution in [0, 0.1) is 0 Å². The molecule has 0 spiro atoms. The standard InChI is InChI=1S/C13H22N2O3S/c1-3-11-6-7-12(9-13(11)14)19(17,18)15-10(2)5-4-8-16/h6-7,9-10,15-16H,3-5,8,14H2,1-2H3. The molecule has 1 atom stereocenters. The third-order valence-corrected chi connectivity index (χ3v) is 4.55. The van der Waals surface area contributed by atoms with E-state index in [1.54, 1.807) is 19.1 Å². The average Bonchev–Trinajstić information content (AvgIpc) is 2.35. The molecular formula is C13H22N2O3S. The topological polar surface area (TPSA) is 92.4 Å². The van der Waals surface area contributed by atoms with Crippen molar-refractivity contribution in [3.8, 4) is 0 Å². The molecular weight excluding hydrogens is 264 g/mol. The van der Waals surface area contributed by atoms with Gasteiger partial charge in [0.05, 0.1) is 4.90 Å². The summed E-state index contributed by atoms with van der Waals surface area (Å²) in [6, 6.07) is 4.57. The lowest BCUT2D eigenvalue weighted by atomic mass is 10.1. The highest BCUT2D eigenvalue weighted by molar-refractivity contribution is 7.89. The summed E-state index contributed by atoms with van der Waals surface area (Å²) in [5, 5.41) is 8.73. The summed E-state index contributed by atoms with van der Waals surface area (Å²) >= 11 is 0. The first kappa shape index (κ1) is 15.9. The maximum atomic E-state index is 12.1. The second-order valence-corrected chi connectivity index (χ2v) is 6.32. The SMILES string of the molecule is CCc1ccc(S(=O)(=O)NC(C)CCCO)cc1N. The Morgan fingerprint density at radius 3 is 2.63 bits per heavy atom. The molecule has 0 bridgehead atoms. The fourth-order valence-electron chi connectivity index (χ4n) is 1.85. The van der Waals surface area contributed by atoms with Crippen LogP contribution in [0.15, 0.2) is 23.1 Å². The van der Waals surface area contributed by atoms with E-state index in [2.05, 4.69) is 4.72 Å². The van der Waals surface area contributed by atoms with Gasteiger partial charge in [-0.25, -0.2) is 13.1 Å². The highest BCUT2D eigenvalue weighted by Crippen LogP contribution is 2.19. The molecule has 1 unspecified atom stereocenters. The van der Waals surface area contributed by atoms with Crippen molar-refractivity contribution in [1.29, 1.82) is 0 Å². The Morgan fingerprint density at radius 2 is 2.11 bits per heavy atom. The fraction of sp³-hybridized carbons (Fsp3) is 0.538. The van der Waals surface area contributed by atoms with Gasteiger partial charge in [-0.15, -0.1) is 0 Å². The van der Waals surface area contributed by atoms with Crippen LogP contribution < -0.4 is 10.5 Å². The quantitative estimate of drug-likeness (QED) is 0.658. The molecule has 0 heterocycles. The number of aryl methyl sites for hydroxylation is 1. The molecule has 0 aliphatic rings. The van der Waals surface area contributed by atoms with E-state index >= 15 is 0 Å². The van der Waals surface area contributed by atoms with Crippen molar-refractivity contribution in [3.63, 3.8) is 0 Å². The third-order valence-electron chi connectivity index (χ3n) is 2.96. The summed E-state index contributed by atoms with van der Waals surface area (Å²) in [6.45, 7) is 3.80. The summed E-state index contributed by atoms with van der Waals surface area (Å²) in [5.74, 6) is 0. The number of nitrogen functional groups attached to an aromatic ring is 1. The molecule has 0 radical (unpaired) electrons. The van der Waals surface area contributed by atoms with Gasteiger partial charge in [-0.2, -0.15) is 0 Å². The lowest BCUT2D eigenvalue weighted by molar-refractivity contribution is 0.279. The zero-order valence-electron chi connectivity index (χ0n) is 11.4. The second-order valence-electron chi connectivity index (χ2n) is 4.60. The van der Waals surface area contributed by atoms with E-state index in [1.165, 1.54) is 6.07 Å². The van der Waals surface area contributed by atoms with Gasteiger partial charge in [-0.3, -0.25) is 0 Å². The molecule has 19 heavy (non-hydrogen) atoms. The van der Waals surface area contributed by atoms with Crippen LogP contribution >= 0.6 is 0 Å². The maximum Gasteiger partial charge on any atom is 0.240 e. The summed E-state index contributed by atoms with van der Waals surface area (Å²) in [6.07, 6.45) is 1.94. The number of rotatable bonds is 7. The second kappa shape index (κ2) is 6.88. The largest absolute Gasteiger partial charge is 0.398 e. The van der Waals surface area contributed by atoms with Crippen LogP contribution in [0.4, 0.5) is 5.69 Å². The third kappa shape index (κ3) is 4.49. The van der Waals surface area contributed by atoms with Crippen LogP contribution in [0.25, 0.3) is 0 Å².